The number of imidazole rings is 1. The molecule has 0 saturated heterocycles. The maximum atomic E-state index is 13.9. The number of para-hydroxylation sites is 2. The van der Waals surface area contributed by atoms with Crippen molar-refractivity contribution >= 4 is 40.0 Å². The van der Waals surface area contributed by atoms with Crippen LogP contribution in [-0.2, 0) is 7.05 Å². The van der Waals surface area contributed by atoms with E-state index in [1.165, 1.54) is 15.9 Å². The highest BCUT2D eigenvalue weighted by Crippen LogP contribution is 2.55. The standard InChI is InChI=1S/C28H24N2OP.BrH/c1-30-26-20-12-11-19-25(26)29-28(30)27(31)21-32(22-13-5-2-6-14-22,23-15-7-3-8-16-23)24-17-9-4-10-18-24;/h2-20H,21H2,1H3;1H/q+1;/p-1. The molecule has 0 radical (unpaired) electrons. The Morgan fingerprint density at radius 3 is 1.58 bits per heavy atom. The molecule has 4 aromatic carbocycles. The number of carbonyl (C=O) groups excluding carboxylic acids is 1. The van der Waals surface area contributed by atoms with Gasteiger partial charge >= 0.3 is 0 Å². The van der Waals surface area contributed by atoms with Gasteiger partial charge in [-0.3, -0.25) is 4.79 Å². The molecule has 0 N–H and O–H groups in total. The molecule has 0 spiro atoms. The average Bonchev–Trinajstić information content (AvgIpc) is 3.21. The third-order valence-electron chi connectivity index (χ3n) is 6.01. The van der Waals surface area contributed by atoms with Gasteiger partial charge in [-0.05, 0) is 48.5 Å². The summed E-state index contributed by atoms with van der Waals surface area (Å²) in [6.07, 6.45) is 0.391. The van der Waals surface area contributed by atoms with Crippen molar-refractivity contribution in [2.24, 2.45) is 7.05 Å². The first-order valence-electron chi connectivity index (χ1n) is 10.7. The number of ketones is 1. The molecule has 0 amide bonds. The molecule has 0 atom stereocenters. The Balaban J connectivity index is 0.00000259. The van der Waals surface area contributed by atoms with E-state index in [2.05, 4.69) is 72.8 Å². The number of hydrogen-bond donors (Lipinski definition) is 0. The molecule has 33 heavy (non-hydrogen) atoms. The SMILES string of the molecule is Cn1c(C(=O)C[P+](c2ccccc2)(c2ccccc2)c2ccccc2)nc2ccccc21.[Br-]. The summed E-state index contributed by atoms with van der Waals surface area (Å²) in [6.45, 7) is 0. The number of carbonyl (C=O) groups is 1. The van der Waals surface area contributed by atoms with Gasteiger partial charge in [-0.2, -0.15) is 0 Å². The Morgan fingerprint density at radius 1 is 0.697 bits per heavy atom. The summed E-state index contributed by atoms with van der Waals surface area (Å²) in [5.74, 6) is 0.576. The summed E-state index contributed by atoms with van der Waals surface area (Å²) >= 11 is 0. The van der Waals surface area contributed by atoms with Gasteiger partial charge in [0.15, 0.2) is 5.82 Å². The molecule has 0 bridgehead atoms. The Labute approximate surface area is 205 Å². The normalized spacial score (nSPS) is 11.2. The van der Waals surface area contributed by atoms with Crippen LogP contribution in [-0.4, -0.2) is 21.5 Å². The monoisotopic (exact) mass is 514 g/mol. The van der Waals surface area contributed by atoms with Gasteiger partial charge in [-0.15, -0.1) is 0 Å². The highest BCUT2D eigenvalue weighted by atomic mass is 79.9. The molecule has 5 rings (SSSR count). The number of halogens is 1. The first kappa shape index (κ1) is 23.1. The highest BCUT2D eigenvalue weighted by molar-refractivity contribution is 7.96. The summed E-state index contributed by atoms with van der Waals surface area (Å²) in [5, 5.41) is 3.60. The van der Waals surface area contributed by atoms with E-state index < -0.39 is 7.26 Å². The molecule has 0 aliphatic rings. The number of rotatable bonds is 6. The Morgan fingerprint density at radius 2 is 1.12 bits per heavy atom. The number of nitrogens with zero attached hydrogens (tertiary/aromatic N) is 2. The van der Waals surface area contributed by atoms with Crippen molar-refractivity contribution in [2.45, 2.75) is 0 Å². The number of hydrogen-bond acceptors (Lipinski definition) is 2. The first-order valence-corrected chi connectivity index (χ1v) is 12.7. The lowest BCUT2D eigenvalue weighted by Gasteiger charge is -2.27. The van der Waals surface area contributed by atoms with Crippen LogP contribution in [0.3, 0.4) is 0 Å². The van der Waals surface area contributed by atoms with Gasteiger partial charge in [0.25, 0.3) is 0 Å². The van der Waals surface area contributed by atoms with Crippen LogP contribution in [0.25, 0.3) is 11.0 Å². The summed E-state index contributed by atoms with van der Waals surface area (Å²) in [7, 11) is -0.314. The van der Waals surface area contributed by atoms with Crippen molar-refractivity contribution in [1.29, 1.82) is 0 Å². The predicted octanol–water partition coefficient (Wildman–Crippen LogP) is 1.75. The van der Waals surface area contributed by atoms with Crippen LogP contribution in [0.2, 0.25) is 0 Å². The molecular formula is C28H24BrN2OP. The molecular weight excluding hydrogens is 491 g/mol. The smallest absolute Gasteiger partial charge is 0.236 e. The summed E-state index contributed by atoms with van der Waals surface area (Å²) in [5.41, 5.74) is 1.82. The van der Waals surface area contributed by atoms with Gasteiger partial charge in [0.2, 0.25) is 5.78 Å². The largest absolute Gasteiger partial charge is 1.00 e. The minimum Gasteiger partial charge on any atom is -1.00 e. The summed E-state index contributed by atoms with van der Waals surface area (Å²) in [6, 6.07) is 39.4. The second-order valence-corrected chi connectivity index (χ2v) is 11.4. The molecule has 3 nitrogen and oxygen atoms in total. The van der Waals surface area contributed by atoms with Crippen molar-refractivity contribution in [3.63, 3.8) is 0 Å². The van der Waals surface area contributed by atoms with Gasteiger partial charge in [0.05, 0.1) is 11.0 Å². The minimum absolute atomic E-state index is 0. The predicted molar refractivity (Wildman–Crippen MR) is 135 cm³/mol. The molecule has 164 valence electrons. The van der Waals surface area contributed by atoms with Crippen LogP contribution >= 0.6 is 7.26 Å². The van der Waals surface area contributed by atoms with E-state index >= 15 is 0 Å². The van der Waals surface area contributed by atoms with Crippen LogP contribution in [0.4, 0.5) is 0 Å². The second-order valence-electron chi connectivity index (χ2n) is 7.88. The van der Waals surface area contributed by atoms with Crippen LogP contribution in [0.5, 0.6) is 0 Å². The molecule has 1 heterocycles. The van der Waals surface area contributed by atoms with E-state index in [0.29, 0.717) is 12.0 Å². The first-order chi connectivity index (χ1) is 15.7. The van der Waals surface area contributed by atoms with Crippen molar-refractivity contribution in [1.82, 2.24) is 9.55 Å². The molecule has 0 aliphatic carbocycles. The van der Waals surface area contributed by atoms with E-state index in [4.69, 9.17) is 4.98 Å². The molecule has 1 aromatic heterocycles. The fourth-order valence-corrected chi connectivity index (χ4v) is 8.51. The number of aromatic nitrogens is 2. The van der Waals surface area contributed by atoms with Crippen molar-refractivity contribution in [2.75, 3.05) is 6.16 Å². The molecule has 0 unspecified atom stereocenters. The van der Waals surface area contributed by atoms with E-state index in [1.54, 1.807) is 0 Å². The van der Waals surface area contributed by atoms with Crippen molar-refractivity contribution < 1.29 is 21.8 Å². The lowest BCUT2D eigenvalue weighted by molar-refractivity contribution is -0.0000140. The summed E-state index contributed by atoms with van der Waals surface area (Å²) in [4.78, 5) is 18.6. The van der Waals surface area contributed by atoms with E-state index in [9.17, 15) is 4.79 Å². The van der Waals surface area contributed by atoms with Gasteiger partial charge in [0, 0.05) is 7.05 Å². The van der Waals surface area contributed by atoms with Gasteiger partial charge < -0.3 is 21.5 Å². The minimum atomic E-state index is -2.24. The topological polar surface area (TPSA) is 34.9 Å². The fraction of sp³-hybridized carbons (Fsp3) is 0.0714. The van der Waals surface area contributed by atoms with E-state index in [1.807, 2.05) is 54.1 Å². The Bertz CT molecular complexity index is 1270. The van der Waals surface area contributed by atoms with Gasteiger partial charge in [-0.1, -0.05) is 66.7 Å². The maximum Gasteiger partial charge on any atom is 0.236 e. The molecule has 0 fully saturated rings. The highest BCUT2D eigenvalue weighted by Gasteiger charge is 2.47. The van der Waals surface area contributed by atoms with Crippen LogP contribution < -0.4 is 32.9 Å². The Kier molecular flexibility index (Phi) is 6.88. The summed E-state index contributed by atoms with van der Waals surface area (Å²) < 4.78 is 1.92. The maximum absolute atomic E-state index is 13.9. The lowest BCUT2D eigenvalue weighted by atomic mass is 10.3. The van der Waals surface area contributed by atoms with Gasteiger partial charge in [-0.25, -0.2) is 4.98 Å². The number of fused-ring (bicyclic) bond motifs is 1. The van der Waals surface area contributed by atoms with E-state index in [0.717, 1.165) is 11.0 Å². The third-order valence-corrected chi connectivity index (χ3v) is 10.3. The van der Waals surface area contributed by atoms with Crippen molar-refractivity contribution in [3.8, 4) is 0 Å². The van der Waals surface area contributed by atoms with Crippen LogP contribution in [0.1, 0.15) is 10.6 Å². The number of Topliss-reactive ketones (excluding diaryl/α,β-unsaturated/α-hetero) is 1. The van der Waals surface area contributed by atoms with E-state index in [-0.39, 0.29) is 22.8 Å². The van der Waals surface area contributed by atoms with Crippen LogP contribution in [0.15, 0.2) is 115 Å². The zero-order chi connectivity index (χ0) is 22.0. The zero-order valence-electron chi connectivity index (χ0n) is 18.3. The third kappa shape index (κ3) is 4.17. The number of benzene rings is 4. The lowest BCUT2D eigenvalue weighted by Crippen LogP contribution is -3.00. The molecule has 5 heteroatoms. The molecule has 0 saturated carbocycles. The average molecular weight is 515 g/mol. The zero-order valence-corrected chi connectivity index (χ0v) is 20.8. The number of aryl methyl sites for hydroxylation is 1. The fourth-order valence-electron chi connectivity index (χ4n) is 4.45. The Hall–Kier alpha value is -3.07. The van der Waals surface area contributed by atoms with Crippen molar-refractivity contribution in [3.05, 3.63) is 121 Å². The second kappa shape index (κ2) is 9.82. The van der Waals surface area contributed by atoms with Crippen LogP contribution in [0, 0.1) is 0 Å². The molecule has 0 aliphatic heterocycles. The quantitative estimate of drug-likeness (QED) is 0.255. The van der Waals surface area contributed by atoms with Gasteiger partial charge in [0.1, 0.15) is 29.3 Å². The molecule has 5 aromatic rings.